The summed E-state index contributed by atoms with van der Waals surface area (Å²) in [5.74, 6) is -0.478. The average molecular weight is 299 g/mol. The first-order valence-corrected chi connectivity index (χ1v) is 6.17. The topological polar surface area (TPSA) is 43.4 Å². The Morgan fingerprint density at radius 2 is 2.06 bits per heavy atom. The van der Waals surface area contributed by atoms with E-state index in [2.05, 4.69) is 26.2 Å². The molecule has 0 radical (unpaired) electrons. The van der Waals surface area contributed by atoms with Gasteiger partial charge in [-0.25, -0.2) is 0 Å². The molecule has 0 atom stereocenters. The molecule has 0 unspecified atom stereocenters. The molecule has 4 nitrogen and oxygen atoms in total. The van der Waals surface area contributed by atoms with E-state index in [0.717, 1.165) is 15.7 Å². The molecule has 1 aliphatic rings. The van der Waals surface area contributed by atoms with Crippen molar-refractivity contribution in [1.82, 2.24) is 4.98 Å². The fraction of sp³-hybridized carbons (Fsp3) is 0.417. The van der Waals surface area contributed by atoms with Crippen molar-refractivity contribution >= 4 is 21.6 Å². The number of nitrogens with zero attached hydrogens (tertiary/aromatic N) is 1. The van der Waals surface area contributed by atoms with Gasteiger partial charge in [0.05, 0.1) is 25.1 Å². The van der Waals surface area contributed by atoms with Crippen LogP contribution in [0.3, 0.4) is 0 Å². The van der Waals surface area contributed by atoms with E-state index in [1.165, 1.54) is 0 Å². The van der Waals surface area contributed by atoms with Gasteiger partial charge in [0.15, 0.2) is 5.79 Å². The predicted molar refractivity (Wildman–Crippen MR) is 69.6 cm³/mol. The summed E-state index contributed by atoms with van der Waals surface area (Å²) in [5.41, 5.74) is 2.00. The second-order valence-electron chi connectivity index (χ2n) is 4.32. The van der Waals surface area contributed by atoms with Crippen LogP contribution >= 0.6 is 15.9 Å². The lowest BCUT2D eigenvalue weighted by Crippen LogP contribution is -2.35. The average Bonchev–Trinajstić information content (AvgIpc) is 2.28. The van der Waals surface area contributed by atoms with E-state index < -0.39 is 5.79 Å². The zero-order valence-corrected chi connectivity index (χ0v) is 11.5. The Morgan fingerprint density at radius 1 is 1.35 bits per heavy atom. The monoisotopic (exact) mass is 298 g/mol. The third-order valence-corrected chi connectivity index (χ3v) is 2.79. The van der Waals surface area contributed by atoms with E-state index in [4.69, 9.17) is 9.47 Å². The summed E-state index contributed by atoms with van der Waals surface area (Å²) < 4.78 is 12.0. The molecule has 1 N–H and O–H groups in total. The smallest absolute Gasteiger partial charge is 0.163 e. The van der Waals surface area contributed by atoms with Crippen LogP contribution in [0.1, 0.15) is 13.8 Å². The van der Waals surface area contributed by atoms with E-state index in [1.807, 2.05) is 26.1 Å². The number of anilines is 1. The first kappa shape index (κ1) is 12.5. The molecular weight excluding hydrogens is 284 g/mol. The van der Waals surface area contributed by atoms with Gasteiger partial charge in [-0.05, 0) is 41.4 Å². The SMILES string of the molecule is CC1(C)OCC(=CNc2cncc(Br)c2)CO1. The summed E-state index contributed by atoms with van der Waals surface area (Å²) in [7, 11) is 0. The largest absolute Gasteiger partial charge is 0.360 e. The summed E-state index contributed by atoms with van der Waals surface area (Å²) in [6.45, 7) is 4.99. The maximum atomic E-state index is 5.53. The summed E-state index contributed by atoms with van der Waals surface area (Å²) in [5, 5.41) is 3.17. The Labute approximate surface area is 109 Å². The summed E-state index contributed by atoms with van der Waals surface area (Å²) in [4.78, 5) is 4.07. The Morgan fingerprint density at radius 3 is 2.71 bits per heavy atom. The lowest BCUT2D eigenvalue weighted by atomic mass is 10.2. The van der Waals surface area contributed by atoms with E-state index in [-0.39, 0.29) is 0 Å². The number of hydrogen-bond acceptors (Lipinski definition) is 4. The Bertz CT molecular complexity index is 420. The quantitative estimate of drug-likeness (QED) is 0.912. The second kappa shape index (κ2) is 5.16. The zero-order chi connectivity index (χ0) is 12.3. The molecule has 0 aliphatic carbocycles. The molecule has 1 saturated heterocycles. The molecule has 1 aliphatic heterocycles. The maximum absolute atomic E-state index is 5.53. The molecule has 2 heterocycles. The van der Waals surface area contributed by atoms with Crippen LogP contribution in [0.5, 0.6) is 0 Å². The van der Waals surface area contributed by atoms with Gasteiger partial charge in [0.25, 0.3) is 0 Å². The van der Waals surface area contributed by atoms with Crippen LogP contribution in [-0.4, -0.2) is 24.0 Å². The Balaban J connectivity index is 1.94. The van der Waals surface area contributed by atoms with E-state index in [1.54, 1.807) is 12.4 Å². The van der Waals surface area contributed by atoms with Gasteiger partial charge in [0, 0.05) is 16.9 Å². The van der Waals surface area contributed by atoms with Crippen molar-refractivity contribution in [1.29, 1.82) is 0 Å². The third-order valence-electron chi connectivity index (χ3n) is 2.36. The number of ether oxygens (including phenoxy) is 2. The van der Waals surface area contributed by atoms with Gasteiger partial charge < -0.3 is 14.8 Å². The summed E-state index contributed by atoms with van der Waals surface area (Å²) in [6, 6.07) is 1.96. The van der Waals surface area contributed by atoms with Crippen LogP contribution in [-0.2, 0) is 9.47 Å². The number of rotatable bonds is 2. The van der Waals surface area contributed by atoms with Crippen molar-refractivity contribution in [3.63, 3.8) is 0 Å². The van der Waals surface area contributed by atoms with Gasteiger partial charge in [-0.15, -0.1) is 0 Å². The van der Waals surface area contributed by atoms with Crippen molar-refractivity contribution in [3.8, 4) is 0 Å². The number of hydrogen-bond donors (Lipinski definition) is 1. The molecule has 0 saturated carbocycles. The second-order valence-corrected chi connectivity index (χ2v) is 5.23. The number of nitrogens with one attached hydrogen (secondary N) is 1. The summed E-state index contributed by atoms with van der Waals surface area (Å²) in [6.07, 6.45) is 5.41. The Hall–Kier alpha value is -0.910. The fourth-order valence-electron chi connectivity index (χ4n) is 1.38. The van der Waals surface area contributed by atoms with Gasteiger partial charge in [-0.3, -0.25) is 4.98 Å². The van der Waals surface area contributed by atoms with Crippen LogP contribution in [0.2, 0.25) is 0 Å². The lowest BCUT2D eigenvalue weighted by Gasteiger charge is -2.31. The molecule has 0 spiro atoms. The molecular formula is C12H15BrN2O2. The minimum Gasteiger partial charge on any atom is -0.360 e. The van der Waals surface area contributed by atoms with Gasteiger partial charge in [-0.2, -0.15) is 0 Å². The number of aromatic nitrogens is 1. The molecule has 0 aromatic carbocycles. The van der Waals surface area contributed by atoms with Crippen molar-refractivity contribution in [2.24, 2.45) is 0 Å². The van der Waals surface area contributed by atoms with Gasteiger partial charge >= 0.3 is 0 Å². The van der Waals surface area contributed by atoms with Crippen LogP contribution < -0.4 is 5.32 Å². The molecule has 1 fully saturated rings. The van der Waals surface area contributed by atoms with Gasteiger partial charge in [0.1, 0.15) is 0 Å². The summed E-state index contributed by atoms with van der Waals surface area (Å²) >= 11 is 3.37. The molecule has 0 bridgehead atoms. The molecule has 1 aromatic heterocycles. The highest BCUT2D eigenvalue weighted by Gasteiger charge is 2.24. The predicted octanol–water partition coefficient (Wildman–Crippen LogP) is 2.92. The van der Waals surface area contributed by atoms with Gasteiger partial charge in [0.2, 0.25) is 0 Å². The highest BCUT2D eigenvalue weighted by molar-refractivity contribution is 9.10. The highest BCUT2D eigenvalue weighted by Crippen LogP contribution is 2.20. The molecule has 0 amide bonds. The molecule has 92 valence electrons. The van der Waals surface area contributed by atoms with Crippen LogP contribution in [0, 0.1) is 0 Å². The van der Waals surface area contributed by atoms with Crippen molar-refractivity contribution in [3.05, 3.63) is 34.7 Å². The van der Waals surface area contributed by atoms with Gasteiger partial charge in [-0.1, -0.05) is 0 Å². The van der Waals surface area contributed by atoms with Crippen LogP contribution in [0.4, 0.5) is 5.69 Å². The van der Waals surface area contributed by atoms with Crippen LogP contribution in [0.25, 0.3) is 0 Å². The zero-order valence-electron chi connectivity index (χ0n) is 9.87. The molecule has 17 heavy (non-hydrogen) atoms. The first-order chi connectivity index (χ1) is 8.05. The van der Waals surface area contributed by atoms with Crippen molar-refractivity contribution < 1.29 is 9.47 Å². The minimum atomic E-state index is -0.478. The highest BCUT2D eigenvalue weighted by atomic mass is 79.9. The van der Waals surface area contributed by atoms with E-state index in [9.17, 15) is 0 Å². The van der Waals surface area contributed by atoms with E-state index in [0.29, 0.717) is 13.2 Å². The van der Waals surface area contributed by atoms with E-state index >= 15 is 0 Å². The molecule has 1 aromatic rings. The van der Waals surface area contributed by atoms with Crippen molar-refractivity contribution in [2.75, 3.05) is 18.5 Å². The fourth-order valence-corrected chi connectivity index (χ4v) is 1.74. The normalized spacial score (nSPS) is 18.9. The maximum Gasteiger partial charge on any atom is 0.163 e. The van der Waals surface area contributed by atoms with Crippen molar-refractivity contribution in [2.45, 2.75) is 19.6 Å². The first-order valence-electron chi connectivity index (χ1n) is 5.38. The standard InChI is InChI=1S/C12H15BrN2O2/c1-12(2)16-7-9(8-17-12)4-15-11-3-10(13)5-14-6-11/h3-6,15H,7-8H2,1-2H3. The van der Waals surface area contributed by atoms with Crippen LogP contribution in [0.15, 0.2) is 34.7 Å². The number of halogens is 1. The molecule has 5 heteroatoms. The molecule has 2 rings (SSSR count). The number of pyridine rings is 1. The lowest BCUT2D eigenvalue weighted by molar-refractivity contribution is -0.225. The Kier molecular flexibility index (Phi) is 3.81. The minimum absolute atomic E-state index is 0.478. The third kappa shape index (κ3) is 3.80.